The maximum absolute atomic E-state index is 8.47. The van der Waals surface area contributed by atoms with E-state index in [-0.39, 0.29) is 0 Å². The van der Waals surface area contributed by atoms with Crippen LogP contribution in [0.25, 0.3) is 0 Å². The van der Waals surface area contributed by atoms with Gasteiger partial charge in [-0.05, 0) is 29.7 Å². The van der Waals surface area contributed by atoms with Crippen LogP contribution in [0.1, 0.15) is 16.8 Å². The van der Waals surface area contributed by atoms with Crippen molar-refractivity contribution in [3.8, 4) is 0 Å². The second-order valence-corrected chi connectivity index (χ2v) is 6.10. The summed E-state index contributed by atoms with van der Waals surface area (Å²) in [6.45, 7) is 2.71. The highest BCUT2D eigenvalue weighted by molar-refractivity contribution is 5.80. The summed E-state index contributed by atoms with van der Waals surface area (Å²) in [6, 6.07) is 15.1. The highest BCUT2D eigenvalue weighted by Crippen LogP contribution is 2.28. The van der Waals surface area contributed by atoms with Gasteiger partial charge in [0.05, 0.1) is 6.04 Å². The summed E-state index contributed by atoms with van der Waals surface area (Å²) in [6.07, 6.45) is 3.79. The number of nitrogens with zero attached hydrogens (tertiary/aromatic N) is 3. The third kappa shape index (κ3) is 2.34. The van der Waals surface area contributed by atoms with Crippen LogP contribution >= 0.6 is 0 Å². The van der Waals surface area contributed by atoms with Gasteiger partial charge in [0, 0.05) is 37.9 Å². The number of hydrogen-bond donors (Lipinski definition) is 1. The highest BCUT2D eigenvalue weighted by Gasteiger charge is 2.37. The molecule has 1 N–H and O–H groups in total. The normalized spacial score (nSPS) is 20.0. The summed E-state index contributed by atoms with van der Waals surface area (Å²) in [4.78, 5) is 8.83. The van der Waals surface area contributed by atoms with Crippen LogP contribution in [0.3, 0.4) is 0 Å². The van der Waals surface area contributed by atoms with Crippen LogP contribution in [0.4, 0.5) is 0 Å². The number of pyridine rings is 1. The third-order valence-corrected chi connectivity index (χ3v) is 4.72. The number of rotatable bonds is 3. The Morgan fingerprint density at radius 1 is 1.09 bits per heavy atom. The smallest absolute Gasteiger partial charge is 0.194 e. The van der Waals surface area contributed by atoms with E-state index in [0.29, 0.717) is 12.0 Å². The Labute approximate surface area is 130 Å². The fourth-order valence-corrected chi connectivity index (χ4v) is 3.51. The van der Waals surface area contributed by atoms with Crippen molar-refractivity contribution in [3.63, 3.8) is 0 Å². The molecule has 1 fully saturated rings. The first-order chi connectivity index (χ1) is 10.8. The van der Waals surface area contributed by atoms with Crippen LogP contribution < -0.4 is 0 Å². The van der Waals surface area contributed by atoms with E-state index >= 15 is 0 Å². The van der Waals surface area contributed by atoms with Crippen molar-refractivity contribution in [3.05, 3.63) is 65.5 Å². The van der Waals surface area contributed by atoms with Gasteiger partial charge in [0.15, 0.2) is 5.96 Å². The van der Waals surface area contributed by atoms with E-state index in [4.69, 9.17) is 5.41 Å². The molecule has 2 aromatic rings. The Balaban J connectivity index is 1.45. The Bertz CT molecular complexity index is 682. The fourth-order valence-electron chi connectivity index (χ4n) is 3.51. The van der Waals surface area contributed by atoms with E-state index in [9.17, 15) is 0 Å². The fraction of sp³-hybridized carbons (Fsp3) is 0.333. The van der Waals surface area contributed by atoms with Crippen molar-refractivity contribution in [1.29, 1.82) is 5.41 Å². The van der Waals surface area contributed by atoms with Crippen molar-refractivity contribution in [1.82, 2.24) is 14.8 Å². The molecule has 4 heteroatoms. The molecule has 0 bridgehead atoms. The highest BCUT2D eigenvalue weighted by atomic mass is 15.4. The zero-order chi connectivity index (χ0) is 14.9. The largest absolute Gasteiger partial charge is 0.341 e. The van der Waals surface area contributed by atoms with Gasteiger partial charge in [-0.25, -0.2) is 0 Å². The molecule has 0 amide bonds. The molecule has 4 nitrogen and oxygen atoms in total. The minimum Gasteiger partial charge on any atom is -0.341 e. The quantitative estimate of drug-likeness (QED) is 0.944. The molecular weight excluding hydrogens is 272 g/mol. The summed E-state index contributed by atoms with van der Waals surface area (Å²) in [5, 5.41) is 8.47. The minimum atomic E-state index is 0.450. The van der Waals surface area contributed by atoms with E-state index in [1.54, 1.807) is 0 Å². The molecule has 0 aliphatic carbocycles. The zero-order valence-corrected chi connectivity index (χ0v) is 12.6. The summed E-state index contributed by atoms with van der Waals surface area (Å²) in [7, 11) is 0. The standard InChI is InChI=1S/C18H20N4/c19-18-21(10-8-16-7-3-4-9-20-16)13-17-11-14-5-1-2-6-15(14)12-22(17)18/h1-7,9,17,19H,8,10-13H2/t17-/m0/s1. The predicted octanol–water partition coefficient (Wildman–Crippen LogP) is 2.30. The van der Waals surface area contributed by atoms with Crippen LogP contribution in [0.2, 0.25) is 0 Å². The van der Waals surface area contributed by atoms with Gasteiger partial charge in [-0.3, -0.25) is 10.4 Å². The van der Waals surface area contributed by atoms with Crippen LogP contribution in [-0.2, 0) is 19.4 Å². The average molecular weight is 292 g/mol. The number of hydrogen-bond acceptors (Lipinski definition) is 2. The summed E-state index contributed by atoms with van der Waals surface area (Å²) < 4.78 is 0. The maximum Gasteiger partial charge on any atom is 0.194 e. The van der Waals surface area contributed by atoms with Gasteiger partial charge in [-0.2, -0.15) is 0 Å². The molecular formula is C18H20N4. The molecule has 1 aromatic heterocycles. The molecule has 4 rings (SSSR count). The van der Waals surface area contributed by atoms with Crippen molar-refractivity contribution in [2.45, 2.75) is 25.4 Å². The lowest BCUT2D eigenvalue weighted by molar-refractivity contribution is 0.312. The Morgan fingerprint density at radius 2 is 1.91 bits per heavy atom. The molecule has 1 aromatic carbocycles. The monoisotopic (exact) mass is 292 g/mol. The maximum atomic E-state index is 8.47. The van der Waals surface area contributed by atoms with Crippen LogP contribution in [0.15, 0.2) is 48.7 Å². The third-order valence-electron chi connectivity index (χ3n) is 4.72. The number of fused-ring (bicyclic) bond motifs is 2. The molecule has 2 aliphatic rings. The van der Waals surface area contributed by atoms with Crippen molar-refractivity contribution in [2.24, 2.45) is 0 Å². The lowest BCUT2D eigenvalue weighted by Crippen LogP contribution is -2.39. The number of aromatic nitrogens is 1. The summed E-state index contributed by atoms with van der Waals surface area (Å²) in [5.41, 5.74) is 3.92. The molecule has 0 saturated carbocycles. The number of nitrogens with one attached hydrogen (secondary N) is 1. The van der Waals surface area contributed by atoms with E-state index in [2.05, 4.69) is 45.1 Å². The van der Waals surface area contributed by atoms with Gasteiger partial charge in [0.25, 0.3) is 0 Å². The predicted molar refractivity (Wildman–Crippen MR) is 86.7 cm³/mol. The van der Waals surface area contributed by atoms with Gasteiger partial charge < -0.3 is 9.80 Å². The summed E-state index contributed by atoms with van der Waals surface area (Å²) >= 11 is 0. The van der Waals surface area contributed by atoms with Crippen molar-refractivity contribution in [2.75, 3.05) is 13.1 Å². The number of benzene rings is 1. The second kappa shape index (κ2) is 5.44. The first kappa shape index (κ1) is 13.3. The Hall–Kier alpha value is -2.36. The van der Waals surface area contributed by atoms with E-state index in [0.717, 1.165) is 38.2 Å². The molecule has 0 spiro atoms. The summed E-state index contributed by atoms with van der Waals surface area (Å²) in [5.74, 6) is 0.676. The lowest BCUT2D eigenvalue weighted by atomic mass is 9.95. The molecule has 0 radical (unpaired) electrons. The van der Waals surface area contributed by atoms with Crippen LogP contribution in [0.5, 0.6) is 0 Å². The van der Waals surface area contributed by atoms with Gasteiger partial charge in [0.2, 0.25) is 0 Å². The van der Waals surface area contributed by atoms with Gasteiger partial charge in [0.1, 0.15) is 0 Å². The molecule has 22 heavy (non-hydrogen) atoms. The molecule has 3 heterocycles. The second-order valence-electron chi connectivity index (χ2n) is 6.10. The number of guanidine groups is 1. The Morgan fingerprint density at radius 3 is 2.73 bits per heavy atom. The SMILES string of the molecule is N=C1N(CCc2ccccn2)C[C@@H]2Cc3ccccc3CN12. The lowest BCUT2D eigenvalue weighted by Gasteiger charge is -2.31. The molecule has 0 unspecified atom stereocenters. The first-order valence-electron chi connectivity index (χ1n) is 7.88. The van der Waals surface area contributed by atoms with E-state index < -0.39 is 0 Å². The average Bonchev–Trinajstić information content (AvgIpc) is 2.87. The molecule has 1 saturated heterocycles. The van der Waals surface area contributed by atoms with E-state index in [1.807, 2.05) is 18.3 Å². The molecule has 2 aliphatic heterocycles. The van der Waals surface area contributed by atoms with Gasteiger partial charge in [-0.1, -0.05) is 30.3 Å². The topological polar surface area (TPSA) is 43.2 Å². The van der Waals surface area contributed by atoms with Gasteiger partial charge in [-0.15, -0.1) is 0 Å². The first-order valence-corrected chi connectivity index (χ1v) is 7.88. The van der Waals surface area contributed by atoms with Gasteiger partial charge >= 0.3 is 0 Å². The van der Waals surface area contributed by atoms with Crippen LogP contribution in [0, 0.1) is 5.41 Å². The van der Waals surface area contributed by atoms with Crippen molar-refractivity contribution < 1.29 is 0 Å². The van der Waals surface area contributed by atoms with E-state index in [1.165, 1.54) is 11.1 Å². The van der Waals surface area contributed by atoms with Crippen LogP contribution in [-0.4, -0.2) is 39.9 Å². The Kier molecular flexibility index (Phi) is 3.29. The minimum absolute atomic E-state index is 0.450. The molecule has 1 atom stereocenters. The molecule has 112 valence electrons. The zero-order valence-electron chi connectivity index (χ0n) is 12.6. The van der Waals surface area contributed by atoms with Crippen molar-refractivity contribution >= 4 is 5.96 Å².